The van der Waals surface area contributed by atoms with Crippen molar-refractivity contribution >= 4 is 125 Å². The van der Waals surface area contributed by atoms with Gasteiger partial charge in [0.2, 0.25) is 23.6 Å². The number of ketones is 6. The molecule has 7 rings (SSSR count). The molecule has 0 saturated carbocycles. The fourth-order valence-electron chi connectivity index (χ4n) is 14.3. The van der Waals surface area contributed by atoms with Crippen LogP contribution in [0.15, 0.2) is 194 Å². The van der Waals surface area contributed by atoms with E-state index in [1.807, 2.05) is 0 Å². The number of nitrogens with one attached hydrogen (secondary N) is 9. The topological polar surface area (TPSA) is 601 Å². The highest BCUT2D eigenvalue weighted by Gasteiger charge is 2.35. The Morgan fingerprint density at radius 2 is 0.799 bits per heavy atom. The molecule has 0 aliphatic heterocycles. The molecule has 0 aromatic heterocycles. The number of nitro benzene ring substituents is 1. The lowest BCUT2D eigenvalue weighted by Crippen LogP contribution is -2.49. The number of non-ortho nitro benzene ring substituents is 1. The van der Waals surface area contributed by atoms with Crippen LogP contribution in [0.3, 0.4) is 0 Å². The van der Waals surface area contributed by atoms with Crippen molar-refractivity contribution in [3.63, 3.8) is 0 Å². The van der Waals surface area contributed by atoms with E-state index in [9.17, 15) is 125 Å². The normalized spacial score (nSPS) is 12.9. The molecule has 0 fully saturated rings. The lowest BCUT2D eigenvalue weighted by Gasteiger charge is -2.24. The number of amides is 9. The summed E-state index contributed by atoms with van der Waals surface area (Å²) in [6, 6.07) is 43.7. The first kappa shape index (κ1) is 112. The predicted octanol–water partition coefficient (Wildman–Crippen LogP) is 7.82. The van der Waals surface area contributed by atoms with Gasteiger partial charge in [0.05, 0.1) is 42.0 Å². The first-order valence-corrected chi connectivity index (χ1v) is 44.4. The van der Waals surface area contributed by atoms with E-state index in [2.05, 4.69) is 57.3 Å². The maximum atomic E-state index is 14.8. The van der Waals surface area contributed by atoms with Gasteiger partial charge < -0.3 is 82.5 Å². The van der Waals surface area contributed by atoms with Gasteiger partial charge in [0, 0.05) is 119 Å². The minimum atomic E-state index is -1.59. The van der Waals surface area contributed by atoms with Gasteiger partial charge in [0.1, 0.15) is 41.4 Å². The molecule has 0 heterocycles. The van der Waals surface area contributed by atoms with Gasteiger partial charge in [0.15, 0.2) is 35.6 Å². The molecule has 0 bridgehead atoms. The summed E-state index contributed by atoms with van der Waals surface area (Å²) in [5.74, 6) is -15.9. The number of halogens is 2. The summed E-state index contributed by atoms with van der Waals surface area (Å²) in [7, 11) is 0. The van der Waals surface area contributed by atoms with Crippen LogP contribution in [-0.2, 0) is 123 Å². The third-order valence-electron chi connectivity index (χ3n) is 21.6. The second kappa shape index (κ2) is 61.1. The van der Waals surface area contributed by atoms with E-state index in [4.69, 9.17) is 14.9 Å². The maximum absolute atomic E-state index is 14.8. The molecule has 0 saturated heterocycles. The third kappa shape index (κ3) is 43.9. The van der Waals surface area contributed by atoms with Crippen molar-refractivity contribution in [1.29, 1.82) is 0 Å². The van der Waals surface area contributed by atoms with Crippen molar-refractivity contribution in [1.82, 2.24) is 47.9 Å². The Morgan fingerprint density at radius 3 is 1.25 bits per heavy atom. The molecule has 0 aliphatic carbocycles. The summed E-state index contributed by atoms with van der Waals surface area (Å²) in [4.78, 5) is 261. The zero-order chi connectivity index (χ0) is 102. The quantitative estimate of drug-likeness (QED) is 0.00328. The number of carbonyl (C=O) groups excluding carboxylic acids is 16. The molecular formula is C98H110F2N10O29. The maximum Gasteiger partial charge on any atom is 0.326 e. The second-order valence-corrected chi connectivity index (χ2v) is 32.2. The number of carboxylic acid groups (broad SMARTS) is 4. The number of carboxylic acids is 4. The average molecular weight is 1930 g/mol. The number of Topliss-reactive ketones (excluding diaryl/α,β-unsaturated/α-hetero) is 6. The van der Waals surface area contributed by atoms with E-state index in [-0.39, 0.29) is 172 Å². The van der Waals surface area contributed by atoms with Gasteiger partial charge in [0.25, 0.3) is 31.0 Å². The molecule has 39 nitrogen and oxygen atoms in total. The largest absolute Gasteiger partial charge is 0.481 e. The molecule has 13 N–H and O–H groups in total. The van der Waals surface area contributed by atoms with E-state index >= 15 is 0 Å². The van der Waals surface area contributed by atoms with Crippen LogP contribution in [-0.4, -0.2) is 207 Å². The molecule has 0 spiro atoms. The smallest absolute Gasteiger partial charge is 0.326 e. The van der Waals surface area contributed by atoms with Crippen LogP contribution in [0, 0.1) is 39.5 Å². The monoisotopic (exact) mass is 1930 g/mol. The van der Waals surface area contributed by atoms with Crippen molar-refractivity contribution in [2.24, 2.45) is 17.8 Å². The Bertz CT molecular complexity index is 5320. The predicted molar refractivity (Wildman–Crippen MR) is 490 cm³/mol. The van der Waals surface area contributed by atoms with Crippen LogP contribution in [0.2, 0.25) is 0 Å². The standard InChI is InChI=1S/C52H57FN6O15.C46H53FN4O14/c53-42-20-18-38(59(72)73)30-41(42)50(68)56-44(27-35-15-8-3-9-16-35)45(63)29-37(26-34-13-6-2-7-14-34)49(67)55-31-40(62)17-10-24-54-48(66)36(25-33-11-4-1-5-12-33)28-39(61)19-21-43(51(69)70)57-52(71)58-46(74-32-60)22-23-47(64)65;47-34-15-13-32(14-16-34)39(55)26-33(24-30-8-3-1-4-9-30)44(60)49-38(25-31-10-5-2-6-11-31)40(56)27-36(64-28-52)18-20-41(57)48-23-7-12-35(54)17-19-37(45(61)62)50-46(63)51-42(65-29-53)21-22-43(58)59/h1-9,11-16,18,20,30,32,36-37,43-44,46H,10,17,19,21-29,31H2,(H,54,66)(H,55,67)(H,56,68)(H,64,65)(H,69,70)(H2,57,58,71);1-6,8-11,13-16,28-29,33,36-38,42H,7,12,17-27H2,(H,48,57)(H,49,60)(H,58,59)(H,61,62)(H2,50,51,63)/t36-,37-,43+,44+,46-;33?,36-,37-,38?,42+/m10/s1/i53-1;47-1. The molecule has 10 atom stereocenters. The van der Waals surface area contributed by atoms with Crippen LogP contribution in [0.1, 0.15) is 164 Å². The first-order chi connectivity index (χ1) is 66.6. The van der Waals surface area contributed by atoms with Crippen LogP contribution in [0.4, 0.5) is 24.1 Å². The molecule has 2 unspecified atom stereocenters. The van der Waals surface area contributed by atoms with Crippen LogP contribution < -0.4 is 47.9 Å². The highest BCUT2D eigenvalue weighted by molar-refractivity contribution is 6.01. The fourth-order valence-corrected chi connectivity index (χ4v) is 14.3. The number of hydrogen-bond acceptors (Lipinski definition) is 25. The Morgan fingerprint density at radius 1 is 0.381 bits per heavy atom. The van der Waals surface area contributed by atoms with Gasteiger partial charge in [-0.25, -0.2) is 28.0 Å². The molecule has 7 aromatic carbocycles. The molecule has 0 radical (unpaired) electrons. The molecular weight excluding hydrogens is 1820 g/mol. The van der Waals surface area contributed by atoms with Crippen molar-refractivity contribution in [2.75, 3.05) is 19.6 Å². The number of hydrogen-bond donors (Lipinski definition) is 13. The number of carbonyl (C=O) groups is 20. The first-order valence-electron chi connectivity index (χ1n) is 44.4. The summed E-state index contributed by atoms with van der Waals surface area (Å²) in [6.07, 6.45) is -7.55. The minimum absolute atomic E-state index is 0.000713. The Balaban J connectivity index is 0.000000430. The van der Waals surface area contributed by atoms with Gasteiger partial charge in [-0.05, 0) is 122 Å². The summed E-state index contributed by atoms with van der Waals surface area (Å²) >= 11 is 0. The summed E-state index contributed by atoms with van der Waals surface area (Å²) in [5.41, 5.74) is 2.55. The number of nitrogens with zero attached hydrogens (tertiary/aromatic N) is 1. The van der Waals surface area contributed by atoms with Gasteiger partial charge in [-0.15, -0.1) is 0 Å². The van der Waals surface area contributed by atoms with E-state index in [1.165, 1.54) is 12.1 Å². The zero-order valence-electron chi connectivity index (χ0n) is 75.6. The second-order valence-electron chi connectivity index (χ2n) is 32.2. The van der Waals surface area contributed by atoms with Crippen LogP contribution >= 0.6 is 0 Å². The number of ether oxygens (including phenoxy) is 3. The lowest BCUT2D eigenvalue weighted by atomic mass is 9.89. The minimum Gasteiger partial charge on any atom is -0.481 e. The number of nitro groups is 1. The third-order valence-corrected chi connectivity index (χ3v) is 21.6. The molecule has 740 valence electrons. The number of rotatable bonds is 65. The Labute approximate surface area is 796 Å². The summed E-state index contributed by atoms with van der Waals surface area (Å²) in [6.45, 7) is -0.241. The number of aliphatic carboxylic acids is 4. The van der Waals surface area contributed by atoms with Gasteiger partial charge in [-0.3, -0.25) is 86.8 Å². The molecule has 139 heavy (non-hydrogen) atoms. The summed E-state index contributed by atoms with van der Waals surface area (Å²) in [5, 5.41) is 70.1. The van der Waals surface area contributed by atoms with Gasteiger partial charge in [-0.1, -0.05) is 152 Å². The highest BCUT2D eigenvalue weighted by Crippen LogP contribution is 2.25. The Hall–Kier alpha value is -16.0. The van der Waals surface area contributed by atoms with E-state index in [0.29, 0.717) is 16.7 Å². The van der Waals surface area contributed by atoms with Crippen molar-refractivity contribution < 1.29 is 144 Å². The van der Waals surface area contributed by atoms with Crippen LogP contribution in [0.5, 0.6) is 0 Å². The van der Waals surface area contributed by atoms with Crippen LogP contribution in [0.25, 0.3) is 0 Å². The molecule has 9 amide bonds. The van der Waals surface area contributed by atoms with Crippen molar-refractivity contribution in [2.45, 2.75) is 190 Å². The number of urea groups is 2. The van der Waals surface area contributed by atoms with E-state index in [1.54, 1.807) is 152 Å². The van der Waals surface area contributed by atoms with E-state index in [0.717, 1.165) is 41.5 Å². The zero-order valence-corrected chi connectivity index (χ0v) is 75.6. The van der Waals surface area contributed by atoms with E-state index < -0.39 is 208 Å². The summed E-state index contributed by atoms with van der Waals surface area (Å²) < 4.78 is 42.8. The molecule has 7 aromatic rings. The Kier molecular flexibility index (Phi) is 49.1. The number of benzene rings is 7. The van der Waals surface area contributed by atoms with Crippen molar-refractivity contribution in [3.05, 3.63) is 255 Å². The fraction of sp³-hybridized carbons (Fsp3) is 0.367. The molecule has 0 aliphatic rings. The van der Waals surface area contributed by atoms with Gasteiger partial charge >= 0.3 is 35.9 Å². The highest BCUT2D eigenvalue weighted by atomic mass is 18.2. The SMILES string of the molecule is O=CO[C@@H](CCC(=O)NCCCC(=O)CC[C@H](NC(=O)N[C@@H](CCC(=O)O)OC=O)C(=O)O)CC(=O)C(Cc1ccccc1)NC(=O)C(CC(=O)c1ccc([18F])cc1)Cc1ccccc1.O=CO[C@H](CCC(=O)O)NC(=O)N[C@@H](CCC(=O)C[C@@H](Cc1ccccc1)C(=O)NCCCC(=O)CNC(=O)[C@@H](CC(=O)[C@H](Cc1ccccc1)NC(=O)c1cc([N+](=O)[O-])ccc1[18F])Cc1ccccc1)C(=O)O. The van der Waals surface area contributed by atoms with Gasteiger partial charge in [-0.2, -0.15) is 0 Å². The van der Waals surface area contributed by atoms with Crippen molar-refractivity contribution in [3.8, 4) is 0 Å². The average Bonchev–Trinajstić information content (AvgIpc) is 0.829. The molecule has 41 heteroatoms. The lowest BCUT2D eigenvalue weighted by molar-refractivity contribution is -0.384.